The van der Waals surface area contributed by atoms with Crippen LogP contribution in [0.1, 0.15) is 51.4 Å². The van der Waals surface area contributed by atoms with E-state index in [1.807, 2.05) is 0 Å². The van der Waals surface area contributed by atoms with Gasteiger partial charge >= 0.3 is 0 Å². The van der Waals surface area contributed by atoms with Crippen LogP contribution < -0.4 is 5.32 Å². The fraction of sp³-hybridized carbons (Fsp3) is 0.929. The zero-order valence-corrected chi connectivity index (χ0v) is 11.9. The number of nitrogens with one attached hydrogen (secondary N) is 1. The van der Waals surface area contributed by atoms with Gasteiger partial charge in [0.15, 0.2) is 0 Å². The molecule has 0 aliphatic heterocycles. The molecule has 1 N–H and O–H groups in total. The van der Waals surface area contributed by atoms with Gasteiger partial charge in [0.25, 0.3) is 0 Å². The highest BCUT2D eigenvalue weighted by molar-refractivity contribution is 9.09. The van der Waals surface area contributed by atoms with Crippen molar-refractivity contribution in [1.29, 1.82) is 0 Å². The first-order valence-electron chi connectivity index (χ1n) is 7.18. The van der Waals surface area contributed by atoms with Gasteiger partial charge in [-0.2, -0.15) is 0 Å². The standard InChI is InChI=1S/C14H22BrNO/c15-12-4-2-1-3-5-13(12)16-14(17)11-7-9-6-10(9)8-11/h9-13H,1-8H2,(H,16,17). The number of hydrogen-bond acceptors (Lipinski definition) is 1. The summed E-state index contributed by atoms with van der Waals surface area (Å²) in [4.78, 5) is 12.7. The van der Waals surface area contributed by atoms with Gasteiger partial charge in [-0.1, -0.05) is 35.2 Å². The topological polar surface area (TPSA) is 29.1 Å². The summed E-state index contributed by atoms with van der Waals surface area (Å²) in [5.41, 5.74) is 0. The Morgan fingerprint density at radius 1 is 1.00 bits per heavy atom. The average Bonchev–Trinajstić information content (AvgIpc) is 2.98. The molecule has 0 aromatic carbocycles. The second-order valence-corrected chi connectivity index (χ2v) is 7.37. The molecule has 3 aliphatic rings. The Kier molecular flexibility index (Phi) is 3.47. The quantitative estimate of drug-likeness (QED) is 0.615. The van der Waals surface area contributed by atoms with Crippen LogP contribution in [0.3, 0.4) is 0 Å². The first kappa shape index (κ1) is 12.0. The molecule has 3 heteroatoms. The van der Waals surface area contributed by atoms with Crippen LogP contribution in [0.25, 0.3) is 0 Å². The fourth-order valence-corrected chi connectivity index (χ4v) is 4.37. The molecule has 0 saturated heterocycles. The highest BCUT2D eigenvalue weighted by Gasteiger charge is 2.48. The Balaban J connectivity index is 1.52. The van der Waals surface area contributed by atoms with Crippen molar-refractivity contribution in [2.75, 3.05) is 0 Å². The normalized spacial score (nSPS) is 44.9. The van der Waals surface area contributed by atoms with Crippen LogP contribution in [-0.4, -0.2) is 16.8 Å². The van der Waals surface area contributed by atoms with E-state index in [-0.39, 0.29) is 0 Å². The number of alkyl halides is 1. The lowest BCUT2D eigenvalue weighted by Crippen LogP contribution is -2.43. The number of rotatable bonds is 2. The highest BCUT2D eigenvalue weighted by atomic mass is 79.9. The molecular formula is C14H22BrNO. The van der Waals surface area contributed by atoms with Crippen molar-refractivity contribution in [3.05, 3.63) is 0 Å². The van der Waals surface area contributed by atoms with Gasteiger partial charge in [0.05, 0.1) is 0 Å². The highest BCUT2D eigenvalue weighted by Crippen LogP contribution is 2.54. The molecule has 0 spiro atoms. The summed E-state index contributed by atoms with van der Waals surface area (Å²) in [6, 6.07) is 0.377. The van der Waals surface area contributed by atoms with Gasteiger partial charge in [-0.15, -0.1) is 0 Å². The summed E-state index contributed by atoms with van der Waals surface area (Å²) in [6.45, 7) is 0. The molecule has 3 fully saturated rings. The number of fused-ring (bicyclic) bond motifs is 1. The maximum atomic E-state index is 12.2. The van der Waals surface area contributed by atoms with E-state index < -0.39 is 0 Å². The van der Waals surface area contributed by atoms with Crippen LogP contribution in [0.4, 0.5) is 0 Å². The fourth-order valence-electron chi connectivity index (χ4n) is 3.65. The second-order valence-electron chi connectivity index (χ2n) is 6.19. The predicted octanol–water partition coefficient (Wildman–Crippen LogP) is 3.24. The van der Waals surface area contributed by atoms with E-state index >= 15 is 0 Å². The molecular weight excluding hydrogens is 278 g/mol. The van der Waals surface area contributed by atoms with Gasteiger partial charge < -0.3 is 5.32 Å². The zero-order valence-electron chi connectivity index (χ0n) is 10.3. The summed E-state index contributed by atoms with van der Waals surface area (Å²) in [5.74, 6) is 2.48. The molecule has 3 aliphatic carbocycles. The molecule has 0 aromatic heterocycles. The maximum absolute atomic E-state index is 12.2. The van der Waals surface area contributed by atoms with Gasteiger partial charge in [-0.25, -0.2) is 0 Å². The minimum atomic E-state index is 0.335. The lowest BCUT2D eigenvalue weighted by molar-refractivity contribution is -0.125. The van der Waals surface area contributed by atoms with Crippen molar-refractivity contribution >= 4 is 21.8 Å². The number of hydrogen-bond donors (Lipinski definition) is 1. The van der Waals surface area contributed by atoms with E-state index in [4.69, 9.17) is 0 Å². The van der Waals surface area contributed by atoms with Crippen molar-refractivity contribution in [1.82, 2.24) is 5.32 Å². The number of carbonyl (C=O) groups excluding carboxylic acids is 1. The Morgan fingerprint density at radius 3 is 2.47 bits per heavy atom. The molecule has 17 heavy (non-hydrogen) atoms. The van der Waals surface area contributed by atoms with Crippen molar-refractivity contribution in [3.63, 3.8) is 0 Å². The van der Waals surface area contributed by atoms with Crippen molar-refractivity contribution in [2.24, 2.45) is 17.8 Å². The van der Waals surface area contributed by atoms with Gasteiger partial charge in [0, 0.05) is 16.8 Å². The lowest BCUT2D eigenvalue weighted by Gasteiger charge is -2.23. The van der Waals surface area contributed by atoms with Gasteiger partial charge in [-0.3, -0.25) is 4.79 Å². The Hall–Kier alpha value is -0.0500. The second kappa shape index (κ2) is 4.91. The van der Waals surface area contributed by atoms with Crippen molar-refractivity contribution in [3.8, 4) is 0 Å². The van der Waals surface area contributed by atoms with Crippen LogP contribution in [0, 0.1) is 17.8 Å². The molecule has 0 heterocycles. The Labute approximate surface area is 112 Å². The largest absolute Gasteiger partial charge is 0.352 e. The zero-order chi connectivity index (χ0) is 11.8. The van der Waals surface area contributed by atoms with E-state index in [0.29, 0.717) is 22.7 Å². The third-order valence-corrected chi connectivity index (χ3v) is 5.97. The Morgan fingerprint density at radius 2 is 1.71 bits per heavy atom. The Bertz CT molecular complexity index is 297. The summed E-state index contributed by atoms with van der Waals surface area (Å²) >= 11 is 3.75. The molecule has 3 saturated carbocycles. The molecule has 0 bridgehead atoms. The minimum absolute atomic E-state index is 0.335. The summed E-state index contributed by atoms with van der Waals surface area (Å²) in [7, 11) is 0. The molecule has 2 nitrogen and oxygen atoms in total. The molecule has 3 rings (SSSR count). The van der Waals surface area contributed by atoms with Crippen LogP contribution in [0.15, 0.2) is 0 Å². The molecule has 0 aromatic rings. The smallest absolute Gasteiger partial charge is 0.223 e. The van der Waals surface area contributed by atoms with Crippen LogP contribution in [-0.2, 0) is 4.79 Å². The SMILES string of the molecule is O=C(NC1CCCCCC1Br)C1CC2CC2C1. The van der Waals surface area contributed by atoms with Crippen LogP contribution in [0.2, 0.25) is 0 Å². The number of amides is 1. The average molecular weight is 300 g/mol. The first-order chi connectivity index (χ1) is 8.24. The monoisotopic (exact) mass is 299 g/mol. The van der Waals surface area contributed by atoms with E-state index in [1.54, 1.807) is 0 Å². The minimum Gasteiger partial charge on any atom is -0.352 e. The van der Waals surface area contributed by atoms with E-state index in [2.05, 4.69) is 21.2 Å². The van der Waals surface area contributed by atoms with E-state index in [9.17, 15) is 4.79 Å². The molecule has 0 radical (unpaired) electrons. The third kappa shape index (κ3) is 2.69. The van der Waals surface area contributed by atoms with Crippen LogP contribution >= 0.6 is 15.9 Å². The molecule has 4 unspecified atom stereocenters. The van der Waals surface area contributed by atoms with E-state index in [1.165, 1.54) is 32.1 Å². The molecule has 1 amide bonds. The first-order valence-corrected chi connectivity index (χ1v) is 8.10. The van der Waals surface area contributed by atoms with Gasteiger partial charge in [0.2, 0.25) is 5.91 Å². The summed E-state index contributed by atoms with van der Waals surface area (Å²) < 4.78 is 0. The third-order valence-electron chi connectivity index (χ3n) is 4.87. The van der Waals surface area contributed by atoms with E-state index in [0.717, 1.165) is 31.1 Å². The predicted molar refractivity (Wildman–Crippen MR) is 72.1 cm³/mol. The summed E-state index contributed by atoms with van der Waals surface area (Å²) in [6.07, 6.45) is 9.98. The summed E-state index contributed by atoms with van der Waals surface area (Å²) in [5, 5.41) is 3.31. The van der Waals surface area contributed by atoms with Gasteiger partial charge in [-0.05, 0) is 43.9 Å². The number of halogens is 1. The van der Waals surface area contributed by atoms with Gasteiger partial charge in [0.1, 0.15) is 0 Å². The molecule has 96 valence electrons. The maximum Gasteiger partial charge on any atom is 0.223 e. The van der Waals surface area contributed by atoms with Crippen LogP contribution in [0.5, 0.6) is 0 Å². The lowest BCUT2D eigenvalue weighted by atomic mass is 10.0. The number of carbonyl (C=O) groups is 1. The molecule has 4 atom stereocenters. The van der Waals surface area contributed by atoms with Crippen molar-refractivity contribution < 1.29 is 4.79 Å². The van der Waals surface area contributed by atoms with Crippen molar-refractivity contribution in [2.45, 2.75) is 62.2 Å².